The van der Waals surface area contributed by atoms with Crippen LogP contribution in [0.1, 0.15) is 23.4 Å². The lowest BCUT2D eigenvalue weighted by Gasteiger charge is -2.25. The highest BCUT2D eigenvalue weighted by Crippen LogP contribution is 2.26. The normalized spacial score (nSPS) is 19.0. The Morgan fingerprint density at radius 3 is 2.60 bits per heavy atom. The third kappa shape index (κ3) is 4.10. The Balaban J connectivity index is 1.86. The van der Waals surface area contributed by atoms with Gasteiger partial charge in [-0.15, -0.1) is 0 Å². The maximum atomic E-state index is 11.7. The maximum Gasteiger partial charge on any atom is 0.152 e. The minimum Gasteiger partial charge on any atom is -0.355 e. The summed E-state index contributed by atoms with van der Waals surface area (Å²) in [6.45, 7) is 5.94. The molecule has 0 spiro atoms. The van der Waals surface area contributed by atoms with Gasteiger partial charge in [0.2, 0.25) is 0 Å². The molecule has 1 aliphatic heterocycles. The quantitative estimate of drug-likeness (QED) is 0.904. The summed E-state index contributed by atoms with van der Waals surface area (Å²) in [5.74, 6) is 2.54. The van der Waals surface area contributed by atoms with Crippen molar-refractivity contribution in [3.63, 3.8) is 0 Å². The van der Waals surface area contributed by atoms with Gasteiger partial charge in [0.15, 0.2) is 9.84 Å². The number of anilines is 3. The molecule has 3 rings (SSSR count). The molecule has 1 unspecified atom stereocenters. The molecule has 1 atom stereocenters. The van der Waals surface area contributed by atoms with Crippen LogP contribution in [0, 0.1) is 20.8 Å². The molecule has 2 heterocycles. The second-order valence-corrected chi connectivity index (χ2v) is 9.00. The molecule has 1 fully saturated rings. The van der Waals surface area contributed by atoms with E-state index in [2.05, 4.69) is 40.4 Å². The lowest BCUT2D eigenvalue weighted by molar-refractivity contribution is 0.600. The molecule has 7 heteroatoms. The molecule has 134 valence electrons. The third-order valence-electron chi connectivity index (χ3n) is 4.60. The van der Waals surface area contributed by atoms with Crippen LogP contribution in [0.4, 0.5) is 17.3 Å². The second kappa shape index (κ2) is 6.63. The monoisotopic (exact) mass is 360 g/mol. The van der Waals surface area contributed by atoms with Crippen LogP contribution < -0.4 is 10.2 Å². The van der Waals surface area contributed by atoms with Gasteiger partial charge in [-0.1, -0.05) is 12.1 Å². The largest absolute Gasteiger partial charge is 0.355 e. The fourth-order valence-corrected chi connectivity index (χ4v) is 4.85. The summed E-state index contributed by atoms with van der Waals surface area (Å²) in [5, 5.41) is 3.36. The number of hydrogen-bond donors (Lipinski definition) is 1. The zero-order valence-electron chi connectivity index (χ0n) is 15.1. The van der Waals surface area contributed by atoms with E-state index < -0.39 is 9.84 Å². The predicted octanol–water partition coefficient (Wildman–Crippen LogP) is 2.77. The van der Waals surface area contributed by atoms with Crippen molar-refractivity contribution in [3.05, 3.63) is 41.2 Å². The summed E-state index contributed by atoms with van der Waals surface area (Å²) < 4.78 is 23.5. The minimum atomic E-state index is -2.93. The van der Waals surface area contributed by atoms with Gasteiger partial charge in [0.25, 0.3) is 0 Å². The molecule has 1 aromatic carbocycles. The lowest BCUT2D eigenvalue weighted by Crippen LogP contribution is -2.33. The van der Waals surface area contributed by atoms with Gasteiger partial charge < -0.3 is 10.2 Å². The van der Waals surface area contributed by atoms with Gasteiger partial charge in [-0.3, -0.25) is 0 Å². The highest BCUT2D eigenvalue weighted by molar-refractivity contribution is 7.91. The maximum absolute atomic E-state index is 11.7. The van der Waals surface area contributed by atoms with Crippen molar-refractivity contribution in [2.24, 2.45) is 0 Å². The van der Waals surface area contributed by atoms with Crippen molar-refractivity contribution in [2.45, 2.75) is 33.2 Å². The van der Waals surface area contributed by atoms with Crippen molar-refractivity contribution in [1.82, 2.24) is 9.97 Å². The molecule has 0 bridgehead atoms. The summed E-state index contributed by atoms with van der Waals surface area (Å²) in [6.07, 6.45) is 0.641. The molecule has 0 radical (unpaired) electrons. The summed E-state index contributed by atoms with van der Waals surface area (Å²) in [4.78, 5) is 10.9. The molecule has 0 aliphatic carbocycles. The first kappa shape index (κ1) is 17.7. The zero-order chi connectivity index (χ0) is 18.2. The number of aryl methyl sites for hydroxylation is 3. The Kier molecular flexibility index (Phi) is 4.69. The number of aromatic nitrogens is 2. The number of nitrogens with one attached hydrogen (secondary N) is 1. The lowest BCUT2D eigenvalue weighted by atomic mass is 10.1. The average Bonchev–Trinajstić information content (AvgIpc) is 2.89. The van der Waals surface area contributed by atoms with E-state index in [0.717, 1.165) is 17.1 Å². The van der Waals surface area contributed by atoms with Crippen molar-refractivity contribution in [1.29, 1.82) is 0 Å². The van der Waals surface area contributed by atoms with Crippen LogP contribution in [-0.2, 0) is 9.84 Å². The Morgan fingerprint density at radius 2 is 1.92 bits per heavy atom. The van der Waals surface area contributed by atoms with Crippen LogP contribution in [0.5, 0.6) is 0 Å². The van der Waals surface area contributed by atoms with Gasteiger partial charge in [0.1, 0.15) is 17.5 Å². The number of benzene rings is 1. The van der Waals surface area contributed by atoms with Gasteiger partial charge in [0, 0.05) is 24.8 Å². The molecule has 1 aliphatic rings. The number of hydrogen-bond acceptors (Lipinski definition) is 6. The zero-order valence-corrected chi connectivity index (χ0v) is 15.9. The number of nitrogens with zero attached hydrogens (tertiary/aromatic N) is 3. The Hall–Kier alpha value is -2.15. The van der Waals surface area contributed by atoms with Crippen molar-refractivity contribution < 1.29 is 8.42 Å². The van der Waals surface area contributed by atoms with Gasteiger partial charge >= 0.3 is 0 Å². The van der Waals surface area contributed by atoms with E-state index in [1.807, 2.05) is 31.9 Å². The first-order valence-corrected chi connectivity index (χ1v) is 10.2. The van der Waals surface area contributed by atoms with Crippen LogP contribution in [0.3, 0.4) is 0 Å². The highest BCUT2D eigenvalue weighted by Gasteiger charge is 2.31. The highest BCUT2D eigenvalue weighted by atomic mass is 32.2. The number of rotatable bonds is 4. The fraction of sp³-hybridized carbons (Fsp3) is 0.444. The number of sulfone groups is 1. The van der Waals surface area contributed by atoms with Crippen LogP contribution >= 0.6 is 0 Å². The van der Waals surface area contributed by atoms with Crippen LogP contribution in [0.2, 0.25) is 0 Å². The van der Waals surface area contributed by atoms with E-state index in [9.17, 15) is 8.42 Å². The smallest absolute Gasteiger partial charge is 0.152 e. The van der Waals surface area contributed by atoms with Gasteiger partial charge in [0.05, 0.1) is 11.5 Å². The van der Waals surface area contributed by atoms with E-state index in [0.29, 0.717) is 18.1 Å². The van der Waals surface area contributed by atoms with Gasteiger partial charge in [-0.05, 0) is 44.4 Å². The second-order valence-electron chi connectivity index (χ2n) is 6.77. The van der Waals surface area contributed by atoms with Crippen LogP contribution in [-0.4, -0.2) is 43.0 Å². The molecule has 1 saturated heterocycles. The Morgan fingerprint density at radius 1 is 1.16 bits per heavy atom. The molecule has 2 aromatic rings. The summed E-state index contributed by atoms with van der Waals surface area (Å²) in [7, 11) is -1.03. The van der Waals surface area contributed by atoms with Gasteiger partial charge in [-0.25, -0.2) is 18.4 Å². The summed E-state index contributed by atoms with van der Waals surface area (Å²) in [5.41, 5.74) is 3.32. The average molecular weight is 360 g/mol. The van der Waals surface area contributed by atoms with Crippen molar-refractivity contribution >= 4 is 27.2 Å². The molecule has 25 heavy (non-hydrogen) atoms. The van der Waals surface area contributed by atoms with E-state index in [4.69, 9.17) is 0 Å². The van der Waals surface area contributed by atoms with Crippen LogP contribution in [0.25, 0.3) is 0 Å². The first-order chi connectivity index (χ1) is 11.7. The first-order valence-electron chi connectivity index (χ1n) is 8.37. The van der Waals surface area contributed by atoms with E-state index in [-0.39, 0.29) is 17.5 Å². The fourth-order valence-electron chi connectivity index (χ4n) is 3.07. The molecular weight excluding hydrogens is 336 g/mol. The van der Waals surface area contributed by atoms with E-state index in [1.54, 1.807) is 0 Å². The Labute approximate surface area is 149 Å². The summed E-state index contributed by atoms with van der Waals surface area (Å²) in [6, 6.07) is 8.07. The molecule has 1 aromatic heterocycles. The topological polar surface area (TPSA) is 75.2 Å². The van der Waals surface area contributed by atoms with Crippen molar-refractivity contribution in [3.8, 4) is 0 Å². The standard InChI is InChI=1S/C18H24N4O2S/c1-12-5-6-13(2)16(9-12)21-17-10-18(20-14(3)19-17)22(4)15-7-8-25(23,24)11-15/h5-6,9-10,15H,7-8,11H2,1-4H3,(H,19,20,21). The van der Waals surface area contributed by atoms with E-state index in [1.165, 1.54) is 5.56 Å². The van der Waals surface area contributed by atoms with Crippen molar-refractivity contribution in [2.75, 3.05) is 28.8 Å². The predicted molar refractivity (Wildman–Crippen MR) is 101 cm³/mol. The van der Waals surface area contributed by atoms with E-state index >= 15 is 0 Å². The van der Waals surface area contributed by atoms with Crippen LogP contribution in [0.15, 0.2) is 24.3 Å². The third-order valence-corrected chi connectivity index (χ3v) is 6.35. The molecule has 0 amide bonds. The SMILES string of the molecule is Cc1ccc(C)c(Nc2cc(N(C)C3CCS(=O)(=O)C3)nc(C)n2)c1. The van der Waals surface area contributed by atoms with Gasteiger partial charge in [-0.2, -0.15) is 0 Å². The Bertz CT molecular complexity index is 896. The molecule has 0 saturated carbocycles. The molecule has 1 N–H and O–H groups in total. The summed E-state index contributed by atoms with van der Waals surface area (Å²) >= 11 is 0. The minimum absolute atomic E-state index is 0.0344. The molecular formula is C18H24N4O2S. The molecule has 6 nitrogen and oxygen atoms in total.